The molecule has 2 unspecified atom stereocenters. The molecule has 6 N–H and O–H groups in total. The summed E-state index contributed by atoms with van der Waals surface area (Å²) in [6.07, 6.45) is 16.5. The lowest BCUT2D eigenvalue weighted by Gasteiger charge is -2.27. The molecule has 2 aromatic heterocycles. The van der Waals surface area contributed by atoms with E-state index in [0.717, 1.165) is 58.3 Å². The van der Waals surface area contributed by atoms with Gasteiger partial charge in [0.25, 0.3) is 0 Å². The van der Waals surface area contributed by atoms with Gasteiger partial charge < -0.3 is 30.5 Å². The van der Waals surface area contributed by atoms with Crippen LogP contribution >= 0.6 is 22.7 Å². The first-order chi connectivity index (χ1) is 28.5. The van der Waals surface area contributed by atoms with Crippen molar-refractivity contribution in [2.45, 2.75) is 62.8 Å². The molecule has 0 radical (unpaired) electrons. The topological polar surface area (TPSA) is 107 Å². The van der Waals surface area contributed by atoms with Crippen LogP contribution in [0.15, 0.2) is 156 Å². The predicted octanol–water partition coefficient (Wildman–Crippen LogP) is 11.3. The molecule has 0 fully saturated rings. The SMILES string of the molecule is OC(/C=C/c1cccs1)(NNc1ccccc1)c1ccc(OCCCCCCCCCCOc2ccc(C(O)(/C=C/c3cccs3)NNc3ccccc3)cc2)cc1. The number of nitrogens with one attached hydrogen (secondary N) is 4. The van der Waals surface area contributed by atoms with Crippen LogP contribution in [0.5, 0.6) is 11.5 Å². The van der Waals surface area contributed by atoms with Gasteiger partial charge >= 0.3 is 0 Å². The van der Waals surface area contributed by atoms with E-state index < -0.39 is 11.4 Å². The quantitative estimate of drug-likeness (QED) is 0.0193. The third-order valence-electron chi connectivity index (χ3n) is 9.57. The molecule has 4 aromatic carbocycles. The molecule has 302 valence electrons. The highest BCUT2D eigenvalue weighted by Crippen LogP contribution is 2.27. The van der Waals surface area contributed by atoms with Crippen molar-refractivity contribution in [3.8, 4) is 11.5 Å². The summed E-state index contributed by atoms with van der Waals surface area (Å²) < 4.78 is 12.1. The number of benzene rings is 4. The van der Waals surface area contributed by atoms with Crippen molar-refractivity contribution in [1.82, 2.24) is 10.9 Å². The molecule has 2 heterocycles. The van der Waals surface area contributed by atoms with Crippen LogP contribution in [-0.4, -0.2) is 23.4 Å². The van der Waals surface area contributed by atoms with E-state index in [1.807, 2.05) is 156 Å². The maximum absolute atomic E-state index is 11.7. The molecule has 0 saturated carbocycles. The molecule has 0 spiro atoms. The summed E-state index contributed by atoms with van der Waals surface area (Å²) in [6, 6.07) is 42.7. The Morgan fingerprint density at radius 1 is 0.448 bits per heavy atom. The summed E-state index contributed by atoms with van der Waals surface area (Å²) in [5.74, 6) is 1.58. The molecular formula is C48H54N4O4S2. The second kappa shape index (κ2) is 22.7. The van der Waals surface area contributed by atoms with Crippen molar-refractivity contribution in [2.24, 2.45) is 0 Å². The van der Waals surface area contributed by atoms with Gasteiger partial charge in [-0.2, -0.15) is 10.9 Å². The number of unbranched alkanes of at least 4 members (excludes halogenated alkanes) is 7. The number of thiophene rings is 2. The minimum absolute atomic E-state index is 0.667. The second-order valence-corrected chi connectivity index (χ2v) is 16.0. The summed E-state index contributed by atoms with van der Waals surface area (Å²) in [7, 11) is 0. The van der Waals surface area contributed by atoms with Crippen molar-refractivity contribution in [1.29, 1.82) is 0 Å². The number of ether oxygens (including phenoxy) is 2. The van der Waals surface area contributed by atoms with Gasteiger partial charge in [-0.25, -0.2) is 0 Å². The van der Waals surface area contributed by atoms with Crippen LogP contribution in [0.25, 0.3) is 12.2 Å². The van der Waals surface area contributed by atoms with E-state index in [0.29, 0.717) is 24.3 Å². The Kier molecular flexibility index (Phi) is 16.6. The molecule has 0 aliphatic heterocycles. The summed E-state index contributed by atoms with van der Waals surface area (Å²) in [5.41, 5.74) is 12.7. The lowest BCUT2D eigenvalue weighted by Crippen LogP contribution is -2.44. The van der Waals surface area contributed by atoms with Crippen molar-refractivity contribution >= 4 is 46.2 Å². The first-order valence-electron chi connectivity index (χ1n) is 20.0. The fraction of sp³-hybridized carbons (Fsp3) is 0.250. The smallest absolute Gasteiger partial charge is 0.178 e. The van der Waals surface area contributed by atoms with E-state index in [9.17, 15) is 10.2 Å². The Morgan fingerprint density at radius 2 is 0.828 bits per heavy atom. The Morgan fingerprint density at radius 3 is 1.19 bits per heavy atom. The molecule has 6 rings (SSSR count). The van der Waals surface area contributed by atoms with Crippen LogP contribution in [0.1, 0.15) is 72.2 Å². The predicted molar refractivity (Wildman–Crippen MR) is 242 cm³/mol. The average Bonchev–Trinajstić information content (AvgIpc) is 4.01. The van der Waals surface area contributed by atoms with Gasteiger partial charge in [0, 0.05) is 32.3 Å². The van der Waals surface area contributed by atoms with E-state index in [-0.39, 0.29) is 0 Å². The fourth-order valence-corrected chi connectivity index (χ4v) is 7.47. The Labute approximate surface area is 350 Å². The lowest BCUT2D eigenvalue weighted by atomic mass is 10.0. The molecule has 0 aliphatic rings. The summed E-state index contributed by atoms with van der Waals surface area (Å²) >= 11 is 3.24. The van der Waals surface area contributed by atoms with Gasteiger partial charge in [-0.1, -0.05) is 111 Å². The molecule has 8 nitrogen and oxygen atoms in total. The Bertz CT molecular complexity index is 1910. The second-order valence-electron chi connectivity index (χ2n) is 14.0. The third-order valence-corrected chi connectivity index (χ3v) is 11.2. The van der Waals surface area contributed by atoms with Crippen molar-refractivity contribution in [3.05, 3.63) is 177 Å². The Hall–Kier alpha value is -5.20. The lowest BCUT2D eigenvalue weighted by molar-refractivity contribution is 0.0601. The van der Waals surface area contributed by atoms with Crippen LogP contribution in [0.2, 0.25) is 0 Å². The standard InChI is InChI=1S/C48H54N4O4S2/c53-47(33-31-45-21-15-37-57-45,51-49-41-17-9-7-10-18-41)39-23-27-43(28-24-39)55-35-13-5-3-1-2-4-6-14-36-56-44-29-25-40(26-30-44)48(54,34-32-46-22-16-38-58-46)52-50-42-19-11-8-12-20-42/h7-12,15-34,37-38,49-54H,1-6,13-14,35-36H2/b33-31+,34-32+. The number of anilines is 2. The third kappa shape index (κ3) is 13.7. The first kappa shape index (κ1) is 42.4. The number of hydrogen-bond acceptors (Lipinski definition) is 10. The maximum atomic E-state index is 11.7. The van der Waals surface area contributed by atoms with E-state index in [2.05, 4.69) is 21.7 Å². The van der Waals surface area contributed by atoms with Gasteiger partial charge in [0.15, 0.2) is 11.4 Å². The summed E-state index contributed by atoms with van der Waals surface area (Å²) in [6.45, 7) is 1.33. The van der Waals surface area contributed by atoms with E-state index in [4.69, 9.17) is 9.47 Å². The molecule has 10 heteroatoms. The number of para-hydroxylation sites is 2. The van der Waals surface area contributed by atoms with Gasteiger partial charge in [-0.05, 0) is 109 Å². The van der Waals surface area contributed by atoms with Gasteiger partial charge in [0.1, 0.15) is 11.5 Å². The van der Waals surface area contributed by atoms with Crippen LogP contribution < -0.4 is 31.2 Å². The number of aliphatic hydroxyl groups is 2. The van der Waals surface area contributed by atoms with Crippen LogP contribution in [0, 0.1) is 0 Å². The zero-order chi connectivity index (χ0) is 40.1. The maximum Gasteiger partial charge on any atom is 0.178 e. The minimum atomic E-state index is -1.44. The van der Waals surface area contributed by atoms with Crippen LogP contribution in [0.4, 0.5) is 11.4 Å². The van der Waals surface area contributed by atoms with Gasteiger partial charge in [0.2, 0.25) is 0 Å². The largest absolute Gasteiger partial charge is 0.494 e. The van der Waals surface area contributed by atoms with Crippen LogP contribution in [0.3, 0.4) is 0 Å². The molecular weight excluding hydrogens is 761 g/mol. The van der Waals surface area contributed by atoms with Crippen molar-refractivity contribution in [3.63, 3.8) is 0 Å². The first-order valence-corrected chi connectivity index (χ1v) is 21.8. The average molecular weight is 815 g/mol. The molecule has 0 amide bonds. The number of hydrogen-bond donors (Lipinski definition) is 6. The van der Waals surface area contributed by atoms with Crippen LogP contribution in [-0.2, 0) is 11.4 Å². The van der Waals surface area contributed by atoms with E-state index in [1.54, 1.807) is 34.8 Å². The minimum Gasteiger partial charge on any atom is -0.494 e. The highest BCUT2D eigenvalue weighted by atomic mass is 32.1. The van der Waals surface area contributed by atoms with Gasteiger partial charge in [-0.3, -0.25) is 0 Å². The molecule has 6 aromatic rings. The summed E-state index contributed by atoms with van der Waals surface area (Å²) in [5, 5.41) is 27.3. The highest BCUT2D eigenvalue weighted by molar-refractivity contribution is 7.11. The summed E-state index contributed by atoms with van der Waals surface area (Å²) in [4.78, 5) is 2.11. The van der Waals surface area contributed by atoms with Crippen molar-refractivity contribution < 1.29 is 19.7 Å². The van der Waals surface area contributed by atoms with Gasteiger partial charge in [-0.15, -0.1) is 22.7 Å². The Balaban J connectivity index is 0.841. The van der Waals surface area contributed by atoms with Gasteiger partial charge in [0.05, 0.1) is 13.2 Å². The number of rotatable bonds is 25. The molecule has 0 saturated heterocycles. The normalized spacial score (nSPS) is 13.6. The molecule has 0 bridgehead atoms. The zero-order valence-corrected chi connectivity index (χ0v) is 34.4. The van der Waals surface area contributed by atoms with Crippen molar-refractivity contribution in [2.75, 3.05) is 24.1 Å². The van der Waals surface area contributed by atoms with E-state index in [1.165, 1.54) is 25.7 Å². The highest BCUT2D eigenvalue weighted by Gasteiger charge is 2.27. The van der Waals surface area contributed by atoms with E-state index >= 15 is 0 Å². The molecule has 2 atom stereocenters. The number of hydrazine groups is 2. The fourth-order valence-electron chi connectivity index (χ4n) is 6.23. The molecule has 0 aliphatic carbocycles. The molecule has 58 heavy (non-hydrogen) atoms. The monoisotopic (exact) mass is 814 g/mol. The zero-order valence-electron chi connectivity index (χ0n) is 32.8.